The molecule has 0 aliphatic heterocycles. The molecule has 0 aromatic heterocycles. The van der Waals surface area contributed by atoms with Gasteiger partial charge in [0.1, 0.15) is 11.0 Å². The standard InChI is InChI=1S/C5H7Cl2N3/c1-3(6)9-4(2)10-5(7)8/h1H2,2H3,(H2,8,9,10). The summed E-state index contributed by atoms with van der Waals surface area (Å²) in [6, 6.07) is 0. The lowest BCUT2D eigenvalue weighted by Gasteiger charge is -1.89. The van der Waals surface area contributed by atoms with E-state index >= 15 is 0 Å². The van der Waals surface area contributed by atoms with Gasteiger partial charge in [-0.15, -0.1) is 0 Å². The van der Waals surface area contributed by atoms with E-state index < -0.39 is 0 Å². The fraction of sp³-hybridized carbons (Fsp3) is 0.200. The summed E-state index contributed by atoms with van der Waals surface area (Å²) in [7, 11) is 0. The second-order valence-corrected chi connectivity index (χ2v) is 2.29. The van der Waals surface area contributed by atoms with Gasteiger partial charge in [-0.25, -0.2) is 9.98 Å². The first-order valence-electron chi connectivity index (χ1n) is 2.41. The summed E-state index contributed by atoms with van der Waals surface area (Å²) in [6.07, 6.45) is 0. The van der Waals surface area contributed by atoms with E-state index in [4.69, 9.17) is 28.9 Å². The predicted molar refractivity (Wildman–Crippen MR) is 45.6 cm³/mol. The maximum Gasteiger partial charge on any atom is 0.194 e. The first-order chi connectivity index (χ1) is 4.52. The Morgan fingerprint density at radius 2 is 1.90 bits per heavy atom. The molecule has 0 unspecified atom stereocenters. The van der Waals surface area contributed by atoms with E-state index in [0.717, 1.165) is 0 Å². The van der Waals surface area contributed by atoms with Crippen LogP contribution in [-0.4, -0.2) is 11.1 Å². The normalized spacial score (nSPS) is 13.5. The Morgan fingerprint density at radius 1 is 1.40 bits per heavy atom. The van der Waals surface area contributed by atoms with Gasteiger partial charge in [0.2, 0.25) is 0 Å². The molecule has 0 spiro atoms. The summed E-state index contributed by atoms with van der Waals surface area (Å²) < 4.78 is 0. The van der Waals surface area contributed by atoms with Crippen molar-refractivity contribution < 1.29 is 0 Å². The highest BCUT2D eigenvalue weighted by atomic mass is 35.5. The monoisotopic (exact) mass is 179 g/mol. The van der Waals surface area contributed by atoms with E-state index in [1.54, 1.807) is 6.92 Å². The summed E-state index contributed by atoms with van der Waals surface area (Å²) in [5, 5.41) is 0.0818. The van der Waals surface area contributed by atoms with Crippen molar-refractivity contribution in [1.82, 2.24) is 0 Å². The van der Waals surface area contributed by atoms with Crippen molar-refractivity contribution in [1.29, 1.82) is 0 Å². The molecule has 0 bridgehead atoms. The fourth-order valence-electron chi connectivity index (χ4n) is 0.355. The summed E-state index contributed by atoms with van der Waals surface area (Å²) in [6.45, 7) is 4.94. The highest BCUT2D eigenvalue weighted by Gasteiger charge is 1.87. The molecule has 0 aliphatic carbocycles. The van der Waals surface area contributed by atoms with Crippen LogP contribution in [0.25, 0.3) is 0 Å². The zero-order valence-corrected chi connectivity index (χ0v) is 6.95. The molecule has 0 saturated heterocycles. The molecule has 0 radical (unpaired) electrons. The molecule has 0 aromatic rings. The lowest BCUT2D eigenvalue weighted by atomic mass is 10.7. The van der Waals surface area contributed by atoms with E-state index in [0.29, 0.717) is 5.84 Å². The van der Waals surface area contributed by atoms with Crippen molar-refractivity contribution in [3.8, 4) is 0 Å². The molecule has 0 aliphatic rings. The van der Waals surface area contributed by atoms with Gasteiger partial charge in [-0.05, 0) is 18.5 Å². The number of hydrogen-bond acceptors (Lipinski definition) is 1. The second kappa shape index (κ2) is 4.30. The maximum absolute atomic E-state index is 5.32. The molecule has 0 atom stereocenters. The molecule has 0 aromatic carbocycles. The van der Waals surface area contributed by atoms with Crippen LogP contribution in [0, 0.1) is 0 Å². The Kier molecular flexibility index (Phi) is 4.07. The number of amidine groups is 2. The molecule has 0 amide bonds. The third-order valence-electron chi connectivity index (χ3n) is 0.552. The van der Waals surface area contributed by atoms with Crippen molar-refractivity contribution in [3.63, 3.8) is 0 Å². The van der Waals surface area contributed by atoms with E-state index in [1.165, 1.54) is 0 Å². The van der Waals surface area contributed by atoms with Crippen molar-refractivity contribution in [2.24, 2.45) is 15.7 Å². The first kappa shape index (κ1) is 9.46. The quantitative estimate of drug-likeness (QED) is 0.372. The first-order valence-corrected chi connectivity index (χ1v) is 3.17. The summed E-state index contributed by atoms with van der Waals surface area (Å²) in [5.41, 5.74) is 5.03. The SMILES string of the molecule is C=C(Cl)/N=C(C)\N=C(/N)Cl. The minimum atomic E-state index is -0.0702. The maximum atomic E-state index is 5.32. The molecule has 56 valence electrons. The predicted octanol–water partition coefficient (Wildman–Crippen LogP) is 1.67. The lowest BCUT2D eigenvalue weighted by Crippen LogP contribution is -2.04. The van der Waals surface area contributed by atoms with Gasteiger partial charge in [0.05, 0.1) is 0 Å². The Balaban J connectivity index is 4.22. The fourth-order valence-corrected chi connectivity index (χ4v) is 0.600. The van der Waals surface area contributed by atoms with Crippen LogP contribution in [0.1, 0.15) is 6.92 Å². The minimum Gasteiger partial charge on any atom is -0.374 e. The molecule has 10 heavy (non-hydrogen) atoms. The highest BCUT2D eigenvalue weighted by Crippen LogP contribution is 1.99. The van der Waals surface area contributed by atoms with Gasteiger partial charge in [-0.2, -0.15) is 0 Å². The van der Waals surface area contributed by atoms with Crippen molar-refractivity contribution in [2.75, 3.05) is 0 Å². The van der Waals surface area contributed by atoms with Crippen LogP contribution >= 0.6 is 23.2 Å². The molecule has 0 fully saturated rings. The largest absolute Gasteiger partial charge is 0.374 e. The van der Waals surface area contributed by atoms with Gasteiger partial charge < -0.3 is 5.73 Å². The van der Waals surface area contributed by atoms with Gasteiger partial charge in [-0.1, -0.05) is 18.2 Å². The minimum absolute atomic E-state index is 0.0702. The van der Waals surface area contributed by atoms with Gasteiger partial charge in [0.25, 0.3) is 0 Å². The average Bonchev–Trinajstić information content (AvgIpc) is 1.58. The average molecular weight is 180 g/mol. The number of nitrogens with zero attached hydrogens (tertiary/aromatic N) is 2. The van der Waals surface area contributed by atoms with Crippen molar-refractivity contribution in [2.45, 2.75) is 6.92 Å². The number of rotatable bonds is 1. The van der Waals surface area contributed by atoms with Crippen molar-refractivity contribution in [3.05, 3.63) is 11.7 Å². The van der Waals surface area contributed by atoms with E-state index in [9.17, 15) is 0 Å². The van der Waals surface area contributed by atoms with E-state index in [-0.39, 0.29) is 10.5 Å². The molecule has 2 N–H and O–H groups in total. The third-order valence-corrected chi connectivity index (χ3v) is 0.721. The summed E-state index contributed by atoms with van der Waals surface area (Å²) in [4.78, 5) is 7.24. The molecule has 5 heteroatoms. The Labute approximate surface area is 69.2 Å². The van der Waals surface area contributed by atoms with Gasteiger partial charge in [-0.3, -0.25) is 0 Å². The molecule has 0 saturated carbocycles. The van der Waals surface area contributed by atoms with Crippen LogP contribution in [-0.2, 0) is 0 Å². The third kappa shape index (κ3) is 5.59. The van der Waals surface area contributed by atoms with Gasteiger partial charge in [0, 0.05) is 0 Å². The Hall–Kier alpha value is -0.540. The van der Waals surface area contributed by atoms with Crippen LogP contribution in [0.15, 0.2) is 21.7 Å². The molecular weight excluding hydrogens is 173 g/mol. The van der Waals surface area contributed by atoms with Crippen molar-refractivity contribution >= 4 is 34.3 Å². The number of hydrogen-bond donors (Lipinski definition) is 1. The van der Waals surface area contributed by atoms with E-state index in [1.807, 2.05) is 0 Å². The highest BCUT2D eigenvalue weighted by molar-refractivity contribution is 6.65. The number of aliphatic imine (C=N–C) groups is 2. The van der Waals surface area contributed by atoms with Crippen LogP contribution < -0.4 is 5.73 Å². The topological polar surface area (TPSA) is 50.7 Å². The van der Waals surface area contributed by atoms with E-state index in [2.05, 4.69) is 16.6 Å². The van der Waals surface area contributed by atoms with Crippen LogP contribution in [0.3, 0.4) is 0 Å². The summed E-state index contributed by atoms with van der Waals surface area (Å²) >= 11 is 10.6. The Bertz CT molecular complexity index is 191. The Morgan fingerprint density at radius 3 is 2.20 bits per heavy atom. The lowest BCUT2D eigenvalue weighted by molar-refractivity contribution is 1.43. The zero-order valence-electron chi connectivity index (χ0n) is 5.43. The second-order valence-electron chi connectivity index (χ2n) is 1.47. The molecule has 0 rings (SSSR count). The molecular formula is C5H7Cl2N3. The number of nitrogens with two attached hydrogens (primary N) is 1. The number of halogens is 2. The molecule has 3 nitrogen and oxygen atoms in total. The van der Waals surface area contributed by atoms with Gasteiger partial charge >= 0.3 is 0 Å². The molecule has 0 heterocycles. The zero-order chi connectivity index (χ0) is 8.15. The van der Waals surface area contributed by atoms with Crippen LogP contribution in [0.2, 0.25) is 0 Å². The van der Waals surface area contributed by atoms with Crippen LogP contribution in [0.5, 0.6) is 0 Å². The smallest absolute Gasteiger partial charge is 0.194 e. The summed E-state index contributed by atoms with van der Waals surface area (Å²) in [5.74, 6) is 0.382. The van der Waals surface area contributed by atoms with Gasteiger partial charge in [0.15, 0.2) is 5.29 Å². The van der Waals surface area contributed by atoms with Crippen LogP contribution in [0.4, 0.5) is 0 Å².